The minimum absolute atomic E-state index is 0.155. The van der Waals surface area contributed by atoms with Gasteiger partial charge in [0.25, 0.3) is 0 Å². The molecule has 1 aromatic heterocycles. The second-order valence-electron chi connectivity index (χ2n) is 34.2. The first-order valence-electron chi connectivity index (χ1n) is 44.6. The number of rotatable bonds is 40. The summed E-state index contributed by atoms with van der Waals surface area (Å²) < 4.78 is 12.0. The summed E-state index contributed by atoms with van der Waals surface area (Å²) in [6, 6.07) is 6.78. The van der Waals surface area contributed by atoms with E-state index >= 15 is 28.8 Å². The number of primary amides is 5. The van der Waals surface area contributed by atoms with Crippen molar-refractivity contribution >= 4 is 140 Å². The molecule has 2 saturated carbocycles. The number of para-hydroxylation sites is 1. The van der Waals surface area contributed by atoms with Gasteiger partial charge >= 0.3 is 5.97 Å². The molecule has 4 aromatic carbocycles. The number of carbonyl (C=O) groups excluding carboxylic acids is 17. The first-order chi connectivity index (χ1) is 63.0. The number of hydrogen-bond acceptors (Lipinski definition) is 23. The van der Waals surface area contributed by atoms with E-state index in [9.17, 15) is 67.7 Å². The fourth-order valence-electron chi connectivity index (χ4n) is 16.9. The molecule has 4 aliphatic rings. The Kier molecular flexibility index (Phi) is 39.4. The highest BCUT2D eigenvalue weighted by atomic mass is 32.2. The summed E-state index contributed by atoms with van der Waals surface area (Å²) in [4.78, 5) is 255. The number of aromatic nitrogens is 1. The number of carbonyl (C=O) groups is 18. The fraction of sp³-hybridized carbons (Fsp3) is 0.533. The number of aliphatic carboxylic acids is 1. The highest BCUT2D eigenvalue weighted by Crippen LogP contribution is 2.38. The number of aliphatic hydroxyl groups excluding tert-OH is 1. The summed E-state index contributed by atoms with van der Waals surface area (Å²) in [7, 11) is 0. The van der Waals surface area contributed by atoms with E-state index < -0.39 is 248 Å². The van der Waals surface area contributed by atoms with Crippen molar-refractivity contribution in [2.24, 2.45) is 40.5 Å². The van der Waals surface area contributed by atoms with Gasteiger partial charge in [-0.15, -0.1) is 0 Å². The van der Waals surface area contributed by atoms with Crippen LogP contribution in [0.25, 0.3) is 21.7 Å². The maximum absolute atomic E-state index is 16.0. The SMILES string of the molecule is CC(=O)NC1CCSCC(C(=O)NC(Cc2ccc(OCCNC3CCCCC(C4CCCCC4)C3)cc2)C(=O)NC(Cc2ccc3ccccc3c2)C(=O)NC2(C(=O)NC(CCC(=O)O)C(=O)NC(CC(N)=O)C(=O)NC(CC(N)=O)C(N)=O)CCOCC2)NC(=O)C(CCC(N)=O)NC(=O)C(Cc2c[nH]c3ccccc23)NC(=O)C(C(C)O)NC(=O)C(CCC(N)=O)NC1=O. The standard InChI is InChI=1S/C90H123N19O22S/c1-49(110)77-88(128)105-69(44-57-47-97-61-19-11-10-18-60(57)61)84(124)100-62(26-29-72(91)112)79(119)106-71(48-132-39-32-65(98-50(2)111)81(121)99-63(82(122)108-77)27-30-73(92)113)86(126)102-67(41-51-21-24-59(25-22-51)131-38-35-96-58-17-9-8-16-56(43-58)53-12-4-3-5-13-53)83(123)103-68(42-52-20-23-54-14-6-7-15-55(54)40-52)87(127)109-90(33-36-130-37-34-90)89(129)107-64(28-31-76(116)117)80(120)104-70(46-75(94)115)85(125)101-66(78(95)118)45-74(93)114/h6-7,10-11,14-15,18-25,40,47,49,53,56,58,62-71,77,96-97,110H,3-5,8-9,12-13,16-17,26-39,41-46,48H2,1-2H3,(H2,91,112)(H2,92,113)(H2,93,114)(H2,94,115)(H2,95,118)(H,98,111)(H,99,121)(H,100,124)(H,101,125)(H,102,126)(H,103,123)(H,104,120)(H,105,128)(H,106,119)(H,107,129)(H,108,122)(H,109,127)(H,116,117). The number of benzene rings is 4. The molecule has 716 valence electrons. The third-order valence-electron chi connectivity index (χ3n) is 24.1. The number of aliphatic hydroxyl groups is 1. The molecule has 9 rings (SSSR count). The van der Waals surface area contributed by atoms with Crippen LogP contribution in [0.3, 0.4) is 0 Å². The summed E-state index contributed by atoms with van der Waals surface area (Å²) in [5.74, 6) is -18.7. The Hall–Kier alpha value is -12.8. The molecule has 42 heteroatoms. The zero-order valence-corrected chi connectivity index (χ0v) is 74.8. The Balaban J connectivity index is 1.08. The molecule has 0 bridgehead atoms. The lowest BCUT2D eigenvalue weighted by molar-refractivity contribution is -0.142. The Labute approximate surface area is 766 Å². The largest absolute Gasteiger partial charge is 0.492 e. The molecule has 2 aliphatic carbocycles. The number of ether oxygens (including phenoxy) is 2. The molecule has 14 atom stereocenters. The number of nitrogens with one attached hydrogen (secondary N) is 14. The Morgan fingerprint density at radius 1 is 0.568 bits per heavy atom. The van der Waals surface area contributed by atoms with Crippen molar-refractivity contribution in [2.45, 2.75) is 252 Å². The predicted octanol–water partition coefficient (Wildman–Crippen LogP) is -1.99. The maximum atomic E-state index is 16.0. The van der Waals surface area contributed by atoms with Crippen LogP contribution in [0.2, 0.25) is 0 Å². The molecular weight excluding hydrogens is 1730 g/mol. The van der Waals surface area contributed by atoms with Crippen LogP contribution in [0, 0.1) is 11.8 Å². The molecule has 2 aliphatic heterocycles. The van der Waals surface area contributed by atoms with E-state index in [4.69, 9.17) is 38.1 Å². The quantitative estimate of drug-likeness (QED) is 0.0149. The van der Waals surface area contributed by atoms with Gasteiger partial charge in [0.1, 0.15) is 84.4 Å². The molecule has 0 radical (unpaired) electrons. The lowest BCUT2D eigenvalue weighted by atomic mass is 9.76. The van der Waals surface area contributed by atoms with Crippen LogP contribution in [-0.4, -0.2) is 244 Å². The number of H-pyrrole nitrogens is 1. The van der Waals surface area contributed by atoms with Crippen LogP contribution >= 0.6 is 11.8 Å². The third-order valence-corrected chi connectivity index (χ3v) is 25.2. The number of thioether (sulfide) groups is 1. The molecule has 2 saturated heterocycles. The van der Waals surface area contributed by atoms with Crippen LogP contribution in [0.15, 0.2) is 97.2 Å². The lowest BCUT2D eigenvalue weighted by Gasteiger charge is -2.38. The first-order valence-corrected chi connectivity index (χ1v) is 45.7. The van der Waals surface area contributed by atoms with Gasteiger partial charge in [0, 0.05) is 107 Å². The summed E-state index contributed by atoms with van der Waals surface area (Å²) in [6.45, 7) is 2.63. The number of nitrogens with two attached hydrogens (primary N) is 5. The number of carboxylic acid groups (broad SMARTS) is 1. The van der Waals surface area contributed by atoms with Crippen molar-refractivity contribution in [2.75, 3.05) is 37.9 Å². The Bertz CT molecular complexity index is 4950. The fourth-order valence-corrected chi connectivity index (χ4v) is 18.0. The van der Waals surface area contributed by atoms with Gasteiger partial charge in [0.05, 0.1) is 18.9 Å². The molecule has 14 unspecified atom stereocenters. The highest BCUT2D eigenvalue weighted by molar-refractivity contribution is 7.99. The second-order valence-corrected chi connectivity index (χ2v) is 35.4. The van der Waals surface area contributed by atoms with E-state index in [0.717, 1.165) is 56.2 Å². The number of fused-ring (bicyclic) bond motifs is 2. The average molecular weight is 1860 g/mol. The van der Waals surface area contributed by atoms with Gasteiger partial charge in [0.2, 0.25) is 100 Å². The van der Waals surface area contributed by atoms with Gasteiger partial charge in [-0.2, -0.15) is 11.8 Å². The average Bonchev–Trinajstić information content (AvgIpc) is 0.909. The predicted molar refractivity (Wildman–Crippen MR) is 482 cm³/mol. The normalized spacial score (nSPS) is 21.6. The van der Waals surface area contributed by atoms with Crippen LogP contribution in [0.4, 0.5) is 0 Å². The molecule has 132 heavy (non-hydrogen) atoms. The van der Waals surface area contributed by atoms with Gasteiger partial charge in [0.15, 0.2) is 0 Å². The van der Waals surface area contributed by atoms with E-state index in [1.54, 1.807) is 91.1 Å². The number of amides is 17. The van der Waals surface area contributed by atoms with Gasteiger partial charge in [-0.3, -0.25) is 86.3 Å². The van der Waals surface area contributed by atoms with E-state index in [0.29, 0.717) is 57.2 Å². The van der Waals surface area contributed by atoms with Crippen molar-refractivity contribution in [1.29, 1.82) is 0 Å². The summed E-state index contributed by atoms with van der Waals surface area (Å²) in [6.07, 6.45) is 4.42. The van der Waals surface area contributed by atoms with Crippen LogP contribution in [-0.2, 0) is 110 Å². The van der Waals surface area contributed by atoms with Crippen LogP contribution in [0.5, 0.6) is 5.75 Å². The summed E-state index contributed by atoms with van der Waals surface area (Å²) in [5, 5.41) is 57.4. The number of hydrogen-bond donors (Lipinski definition) is 21. The monoisotopic (exact) mass is 1850 g/mol. The topological polar surface area (TPSA) is 668 Å². The van der Waals surface area contributed by atoms with E-state index in [1.165, 1.54) is 44.9 Å². The molecule has 17 amide bonds. The molecule has 41 nitrogen and oxygen atoms in total. The number of aromatic amines is 1. The molecule has 4 fully saturated rings. The molecule has 3 heterocycles. The van der Waals surface area contributed by atoms with Crippen LogP contribution in [0.1, 0.15) is 165 Å². The lowest BCUT2D eigenvalue weighted by Crippen LogP contribution is -2.67. The minimum atomic E-state index is -2.09. The Morgan fingerprint density at radius 2 is 1.14 bits per heavy atom. The maximum Gasteiger partial charge on any atom is 0.303 e. The Morgan fingerprint density at radius 3 is 1.80 bits per heavy atom. The van der Waals surface area contributed by atoms with Crippen molar-refractivity contribution in [1.82, 2.24) is 74.1 Å². The summed E-state index contributed by atoms with van der Waals surface area (Å²) in [5.41, 5.74) is 27.1. The number of carboxylic acids is 1. The zero-order chi connectivity index (χ0) is 95.7. The minimum Gasteiger partial charge on any atom is -0.492 e. The second kappa shape index (κ2) is 50.5. The van der Waals surface area contributed by atoms with E-state index in [2.05, 4.69) is 74.1 Å². The molecule has 0 spiro atoms. The van der Waals surface area contributed by atoms with Gasteiger partial charge in [-0.05, 0) is 109 Å². The van der Waals surface area contributed by atoms with E-state index in [-0.39, 0.29) is 57.7 Å². The molecule has 26 N–H and O–H groups in total. The van der Waals surface area contributed by atoms with Crippen molar-refractivity contribution in [3.63, 3.8) is 0 Å². The van der Waals surface area contributed by atoms with Crippen LogP contribution < -0.4 is 103 Å². The highest BCUT2D eigenvalue weighted by Gasteiger charge is 2.46. The smallest absolute Gasteiger partial charge is 0.303 e. The van der Waals surface area contributed by atoms with Crippen molar-refractivity contribution < 1.29 is 106 Å². The third kappa shape index (κ3) is 32.0. The molecular formula is C90H123N19O22S. The van der Waals surface area contributed by atoms with Gasteiger partial charge in [-0.1, -0.05) is 124 Å². The van der Waals surface area contributed by atoms with Crippen molar-refractivity contribution in [3.8, 4) is 5.75 Å². The first kappa shape index (κ1) is 103. The zero-order valence-electron chi connectivity index (χ0n) is 74.0. The van der Waals surface area contributed by atoms with E-state index in [1.807, 2.05) is 6.07 Å². The summed E-state index contributed by atoms with van der Waals surface area (Å²) >= 11 is 0.925. The van der Waals surface area contributed by atoms with Crippen molar-refractivity contribution in [3.05, 3.63) is 114 Å². The van der Waals surface area contributed by atoms with Gasteiger partial charge in [-0.25, -0.2) is 0 Å². The van der Waals surface area contributed by atoms with Gasteiger partial charge < -0.3 is 122 Å². The molecule has 5 aromatic rings.